The van der Waals surface area contributed by atoms with Crippen LogP contribution in [0.15, 0.2) is 42.0 Å². The van der Waals surface area contributed by atoms with Gasteiger partial charge in [-0.1, -0.05) is 41.4 Å². The zero-order valence-corrected chi connectivity index (χ0v) is 14.6. The molecule has 0 aliphatic rings. The second-order valence-electron chi connectivity index (χ2n) is 4.86. The molecule has 0 radical (unpaired) electrons. The van der Waals surface area contributed by atoms with Gasteiger partial charge in [0.2, 0.25) is 0 Å². The Kier molecular flexibility index (Phi) is 6.40. The van der Waals surface area contributed by atoms with E-state index in [1.165, 1.54) is 31.4 Å². The number of rotatable bonds is 5. The number of hydrogen-bond donors (Lipinski definition) is 0. The van der Waals surface area contributed by atoms with Gasteiger partial charge < -0.3 is 9.47 Å². The number of esters is 1. The summed E-state index contributed by atoms with van der Waals surface area (Å²) >= 11 is 12.3. The Bertz CT molecular complexity index is 852. The number of nitrogens with zero attached hydrogens (tertiary/aromatic N) is 1. The van der Waals surface area contributed by atoms with E-state index in [4.69, 9.17) is 33.2 Å². The van der Waals surface area contributed by atoms with Crippen LogP contribution in [0.2, 0.25) is 10.0 Å². The molecule has 2 rings (SSSR count). The van der Waals surface area contributed by atoms with Gasteiger partial charge in [0, 0.05) is 5.56 Å². The zero-order chi connectivity index (χ0) is 18.4. The average molecular weight is 380 g/mol. The van der Waals surface area contributed by atoms with Crippen LogP contribution in [0, 0.1) is 17.1 Å². The Labute approximate surface area is 154 Å². The molecule has 0 N–H and O–H groups in total. The standard InChI is InChI=1S/C18H12Cl2FNO3/c1-24-18(23)13(9-22)6-11-7-14(19)17(15(20)8-11)25-10-12-4-2-3-5-16(12)21/h2-8H,10H2,1H3. The monoisotopic (exact) mass is 379 g/mol. The van der Waals surface area contributed by atoms with Crippen LogP contribution >= 0.6 is 23.2 Å². The summed E-state index contributed by atoms with van der Waals surface area (Å²) in [6.45, 7) is -0.0487. The van der Waals surface area contributed by atoms with Crippen molar-refractivity contribution in [1.82, 2.24) is 0 Å². The SMILES string of the molecule is COC(=O)C(C#N)=Cc1cc(Cl)c(OCc2ccccc2F)c(Cl)c1. The van der Waals surface area contributed by atoms with Gasteiger partial charge in [0.15, 0.2) is 5.75 Å². The van der Waals surface area contributed by atoms with Crippen LogP contribution in [0.3, 0.4) is 0 Å². The number of carbonyl (C=O) groups excluding carboxylic acids is 1. The smallest absolute Gasteiger partial charge is 0.348 e. The molecule has 4 nitrogen and oxygen atoms in total. The third-order valence-electron chi connectivity index (χ3n) is 3.19. The third kappa shape index (κ3) is 4.72. The normalized spacial score (nSPS) is 10.9. The quantitative estimate of drug-likeness (QED) is 0.425. The number of hydrogen-bond acceptors (Lipinski definition) is 4. The molecule has 0 fully saturated rings. The van der Waals surface area contributed by atoms with Crippen molar-refractivity contribution >= 4 is 35.2 Å². The first-order chi connectivity index (χ1) is 12.0. The van der Waals surface area contributed by atoms with Crippen LogP contribution in [-0.2, 0) is 16.1 Å². The number of nitriles is 1. The predicted molar refractivity (Wildman–Crippen MR) is 92.8 cm³/mol. The van der Waals surface area contributed by atoms with E-state index < -0.39 is 11.8 Å². The first kappa shape index (κ1) is 18.8. The van der Waals surface area contributed by atoms with Gasteiger partial charge in [-0.3, -0.25) is 0 Å². The highest BCUT2D eigenvalue weighted by Gasteiger charge is 2.13. The van der Waals surface area contributed by atoms with Crippen molar-refractivity contribution in [2.75, 3.05) is 7.11 Å². The summed E-state index contributed by atoms with van der Waals surface area (Å²) in [6.07, 6.45) is 1.30. The lowest BCUT2D eigenvalue weighted by Gasteiger charge is -2.11. The predicted octanol–water partition coefficient (Wildman–Crippen LogP) is 4.79. The topological polar surface area (TPSA) is 59.3 Å². The minimum absolute atomic E-state index is 0.0487. The summed E-state index contributed by atoms with van der Waals surface area (Å²) < 4.78 is 23.6. The van der Waals surface area contributed by atoms with Gasteiger partial charge in [-0.25, -0.2) is 9.18 Å². The first-order valence-corrected chi connectivity index (χ1v) is 7.77. The Morgan fingerprint density at radius 3 is 2.48 bits per heavy atom. The minimum Gasteiger partial charge on any atom is -0.486 e. The van der Waals surface area contributed by atoms with Crippen LogP contribution in [0.25, 0.3) is 6.08 Å². The third-order valence-corrected chi connectivity index (χ3v) is 3.75. The highest BCUT2D eigenvalue weighted by molar-refractivity contribution is 6.37. The van der Waals surface area contributed by atoms with Gasteiger partial charge in [-0.05, 0) is 29.8 Å². The number of benzene rings is 2. The van der Waals surface area contributed by atoms with E-state index in [-0.39, 0.29) is 28.0 Å². The van der Waals surface area contributed by atoms with Crippen LogP contribution in [0.5, 0.6) is 5.75 Å². The first-order valence-electron chi connectivity index (χ1n) is 7.01. The Morgan fingerprint density at radius 2 is 1.92 bits per heavy atom. The molecule has 2 aromatic rings. The van der Waals surface area contributed by atoms with E-state index >= 15 is 0 Å². The number of carbonyl (C=O) groups is 1. The van der Waals surface area contributed by atoms with Crippen LogP contribution in [0.4, 0.5) is 4.39 Å². The van der Waals surface area contributed by atoms with Crippen molar-refractivity contribution in [3.63, 3.8) is 0 Å². The number of methoxy groups -OCH3 is 1. The van der Waals surface area contributed by atoms with E-state index in [0.717, 1.165) is 0 Å². The number of halogens is 3. The fourth-order valence-corrected chi connectivity index (χ4v) is 2.59. The summed E-state index contributed by atoms with van der Waals surface area (Å²) in [6, 6.07) is 10.9. The molecule has 0 heterocycles. The van der Waals surface area contributed by atoms with Gasteiger partial charge in [0.1, 0.15) is 24.1 Å². The van der Waals surface area contributed by atoms with Crippen LogP contribution in [0.1, 0.15) is 11.1 Å². The van der Waals surface area contributed by atoms with Crippen molar-refractivity contribution < 1.29 is 18.7 Å². The maximum Gasteiger partial charge on any atom is 0.348 e. The van der Waals surface area contributed by atoms with Gasteiger partial charge in [0.05, 0.1) is 17.2 Å². The lowest BCUT2D eigenvalue weighted by atomic mass is 10.1. The summed E-state index contributed by atoms with van der Waals surface area (Å²) in [5.41, 5.74) is 0.584. The summed E-state index contributed by atoms with van der Waals surface area (Å²) in [5.74, 6) is -0.985. The van der Waals surface area contributed by atoms with Crippen molar-refractivity contribution in [2.24, 2.45) is 0 Å². The Morgan fingerprint density at radius 1 is 1.28 bits per heavy atom. The zero-order valence-electron chi connectivity index (χ0n) is 13.1. The van der Waals surface area contributed by atoms with Gasteiger partial charge >= 0.3 is 5.97 Å². The molecule has 0 unspecified atom stereocenters. The molecule has 0 atom stereocenters. The molecular formula is C18H12Cl2FNO3. The van der Waals surface area contributed by atoms with Crippen LogP contribution < -0.4 is 4.74 Å². The van der Waals surface area contributed by atoms with E-state index in [1.807, 2.05) is 0 Å². The van der Waals surface area contributed by atoms with Crippen molar-refractivity contribution in [3.05, 3.63) is 69.0 Å². The lowest BCUT2D eigenvalue weighted by molar-refractivity contribution is -0.135. The van der Waals surface area contributed by atoms with E-state index in [0.29, 0.717) is 11.1 Å². The van der Waals surface area contributed by atoms with Gasteiger partial charge in [-0.2, -0.15) is 5.26 Å². The molecule has 128 valence electrons. The van der Waals surface area contributed by atoms with Crippen molar-refractivity contribution in [2.45, 2.75) is 6.61 Å². The van der Waals surface area contributed by atoms with E-state index in [2.05, 4.69) is 4.74 Å². The molecule has 0 bridgehead atoms. The maximum atomic E-state index is 13.6. The molecule has 0 aliphatic heterocycles. The second kappa shape index (κ2) is 8.52. The molecule has 2 aromatic carbocycles. The highest BCUT2D eigenvalue weighted by Crippen LogP contribution is 2.35. The van der Waals surface area contributed by atoms with Crippen LogP contribution in [-0.4, -0.2) is 13.1 Å². The summed E-state index contributed by atoms with van der Waals surface area (Å²) in [7, 11) is 1.17. The lowest BCUT2D eigenvalue weighted by Crippen LogP contribution is -2.02. The Hall–Kier alpha value is -2.55. The van der Waals surface area contributed by atoms with E-state index in [1.54, 1.807) is 24.3 Å². The average Bonchev–Trinajstić information content (AvgIpc) is 2.59. The molecule has 25 heavy (non-hydrogen) atoms. The molecular weight excluding hydrogens is 368 g/mol. The fraction of sp³-hybridized carbons (Fsp3) is 0.111. The van der Waals surface area contributed by atoms with Gasteiger partial charge in [-0.15, -0.1) is 0 Å². The Balaban J connectivity index is 2.26. The summed E-state index contributed by atoms with van der Waals surface area (Å²) in [5, 5.41) is 9.30. The molecule has 0 aliphatic carbocycles. The van der Waals surface area contributed by atoms with Crippen molar-refractivity contribution in [1.29, 1.82) is 5.26 Å². The largest absolute Gasteiger partial charge is 0.486 e. The molecule has 0 saturated heterocycles. The molecule has 0 saturated carbocycles. The summed E-state index contributed by atoms with van der Waals surface area (Å²) in [4.78, 5) is 11.4. The molecule has 0 aromatic heterocycles. The van der Waals surface area contributed by atoms with Gasteiger partial charge in [0.25, 0.3) is 0 Å². The molecule has 0 spiro atoms. The number of ether oxygens (including phenoxy) is 2. The minimum atomic E-state index is -0.769. The maximum absolute atomic E-state index is 13.6. The molecule has 7 heteroatoms. The van der Waals surface area contributed by atoms with E-state index in [9.17, 15) is 9.18 Å². The van der Waals surface area contributed by atoms with Crippen molar-refractivity contribution in [3.8, 4) is 11.8 Å². The fourth-order valence-electron chi connectivity index (χ4n) is 1.98. The molecule has 0 amide bonds. The highest BCUT2D eigenvalue weighted by atomic mass is 35.5. The second-order valence-corrected chi connectivity index (χ2v) is 5.67.